The second-order valence-corrected chi connectivity index (χ2v) is 5.70. The lowest BCUT2D eigenvalue weighted by atomic mass is 9.88. The Bertz CT molecular complexity index is 992. The van der Waals surface area contributed by atoms with Crippen LogP contribution in [0.2, 0.25) is 0 Å². The normalized spacial score (nSPS) is 10.5. The molecule has 14 nitrogen and oxygen atoms in total. The number of nitro benzene ring substituents is 4. The second kappa shape index (κ2) is 8.68. The van der Waals surface area contributed by atoms with Crippen molar-refractivity contribution in [3.8, 4) is 0 Å². The summed E-state index contributed by atoms with van der Waals surface area (Å²) in [6, 6.07) is 4.85. The molecule has 0 amide bonds. The average Bonchev–Trinajstić information content (AvgIpc) is 2.68. The molecule has 14 heteroatoms. The van der Waals surface area contributed by atoms with Crippen molar-refractivity contribution in [2.45, 2.75) is 12.8 Å². The number of carbonyl (C=O) groups is 1. The van der Waals surface area contributed by atoms with E-state index < -0.39 is 65.5 Å². The lowest BCUT2D eigenvalue weighted by Gasteiger charge is -2.16. The summed E-state index contributed by atoms with van der Waals surface area (Å²) >= 11 is 0. The minimum absolute atomic E-state index is 0.170. The van der Waals surface area contributed by atoms with Crippen LogP contribution in [0.15, 0.2) is 36.4 Å². The van der Waals surface area contributed by atoms with Crippen molar-refractivity contribution in [1.29, 1.82) is 0 Å². The molecule has 0 bridgehead atoms. The van der Waals surface area contributed by atoms with E-state index in [1.165, 1.54) is 6.92 Å². The molecule has 156 valence electrons. The van der Waals surface area contributed by atoms with Gasteiger partial charge in [0.15, 0.2) is 0 Å². The Balaban J connectivity index is 2.83. The Morgan fingerprint density at radius 3 is 1.50 bits per heavy atom. The van der Waals surface area contributed by atoms with Crippen molar-refractivity contribution in [2.75, 3.05) is 6.61 Å². The van der Waals surface area contributed by atoms with Gasteiger partial charge in [-0.15, -0.1) is 0 Å². The van der Waals surface area contributed by atoms with Gasteiger partial charge in [-0.05, 0) is 19.1 Å². The minimum atomic E-state index is -1.73. The highest BCUT2D eigenvalue weighted by Gasteiger charge is 2.37. The number of hydrogen-bond acceptors (Lipinski definition) is 10. The summed E-state index contributed by atoms with van der Waals surface area (Å²) in [5.74, 6) is -2.83. The van der Waals surface area contributed by atoms with Crippen LogP contribution in [0, 0.1) is 40.5 Å². The summed E-state index contributed by atoms with van der Waals surface area (Å²) in [6.45, 7) is 1.26. The highest BCUT2D eigenvalue weighted by molar-refractivity contribution is 5.85. The number of ether oxygens (including phenoxy) is 1. The summed E-state index contributed by atoms with van der Waals surface area (Å²) in [5, 5.41) is 44.9. The van der Waals surface area contributed by atoms with Gasteiger partial charge in [0, 0.05) is 23.3 Å². The molecule has 0 unspecified atom stereocenters. The molecule has 0 spiro atoms. The molecule has 2 rings (SSSR count). The fourth-order valence-corrected chi connectivity index (χ4v) is 2.74. The van der Waals surface area contributed by atoms with Crippen LogP contribution >= 0.6 is 0 Å². The Morgan fingerprint density at radius 1 is 0.800 bits per heavy atom. The van der Waals surface area contributed by atoms with Crippen molar-refractivity contribution < 1.29 is 29.2 Å². The molecule has 0 heterocycles. The van der Waals surface area contributed by atoms with Crippen molar-refractivity contribution in [3.63, 3.8) is 0 Å². The van der Waals surface area contributed by atoms with Crippen LogP contribution in [-0.4, -0.2) is 32.3 Å². The predicted molar refractivity (Wildman–Crippen MR) is 98.0 cm³/mol. The Morgan fingerprint density at radius 2 is 1.20 bits per heavy atom. The van der Waals surface area contributed by atoms with Gasteiger partial charge < -0.3 is 4.74 Å². The van der Waals surface area contributed by atoms with Gasteiger partial charge in [-0.25, -0.2) is 0 Å². The molecule has 0 N–H and O–H groups in total. The number of nitrogens with zero attached hydrogens (tertiary/aromatic N) is 4. The minimum Gasteiger partial charge on any atom is -0.465 e. The summed E-state index contributed by atoms with van der Waals surface area (Å²) in [4.78, 5) is 53.7. The molecule has 0 aliphatic rings. The molecular weight excluding hydrogens is 408 g/mol. The summed E-state index contributed by atoms with van der Waals surface area (Å²) in [7, 11) is 0. The zero-order chi connectivity index (χ0) is 22.6. The molecule has 0 aliphatic carbocycles. The molecule has 0 aliphatic heterocycles. The maximum Gasteiger partial charge on any atom is 0.318 e. The lowest BCUT2D eigenvalue weighted by Crippen LogP contribution is -2.20. The summed E-state index contributed by atoms with van der Waals surface area (Å²) in [6.07, 6.45) is 0. The van der Waals surface area contributed by atoms with Crippen LogP contribution < -0.4 is 0 Å². The largest absolute Gasteiger partial charge is 0.465 e. The van der Waals surface area contributed by atoms with Gasteiger partial charge in [0.1, 0.15) is 5.92 Å². The Kier molecular flexibility index (Phi) is 6.31. The van der Waals surface area contributed by atoms with Crippen molar-refractivity contribution in [3.05, 3.63) is 88.0 Å². The van der Waals surface area contributed by atoms with Gasteiger partial charge in [0.2, 0.25) is 0 Å². The smallest absolute Gasteiger partial charge is 0.318 e. The van der Waals surface area contributed by atoms with E-state index in [0.29, 0.717) is 12.1 Å². The van der Waals surface area contributed by atoms with Gasteiger partial charge in [0.25, 0.3) is 22.7 Å². The number of non-ortho nitro benzene ring substituents is 2. The number of rotatable bonds is 8. The average molecular weight is 420 g/mol. The van der Waals surface area contributed by atoms with Crippen molar-refractivity contribution >= 4 is 28.7 Å². The number of benzene rings is 2. The molecular formula is C16H12N4O10. The third-order valence-corrected chi connectivity index (χ3v) is 3.99. The first-order valence-corrected chi connectivity index (χ1v) is 8.10. The van der Waals surface area contributed by atoms with E-state index in [-0.39, 0.29) is 6.61 Å². The van der Waals surface area contributed by atoms with Gasteiger partial charge in [-0.3, -0.25) is 45.3 Å². The predicted octanol–water partition coefficient (Wildman–Crippen LogP) is 3.01. The number of esters is 1. The molecule has 30 heavy (non-hydrogen) atoms. The topological polar surface area (TPSA) is 199 Å². The maximum absolute atomic E-state index is 12.6. The molecule has 0 fully saturated rings. The van der Waals surface area contributed by atoms with Crippen LogP contribution in [0.25, 0.3) is 0 Å². The van der Waals surface area contributed by atoms with Gasteiger partial charge in [0.05, 0.1) is 38.4 Å². The molecule has 2 aromatic carbocycles. The first kappa shape index (κ1) is 21.8. The third-order valence-electron chi connectivity index (χ3n) is 3.99. The standard InChI is InChI=1S/C16H12N4O10/c1-2-30-16(21)15(11-5-3-9(17(22)23)7-13(11)19(26)27)12-6-4-10(18(24)25)8-14(12)20(28)29/h3-8,15H,2H2,1H3. The van der Waals surface area contributed by atoms with Crippen molar-refractivity contribution in [1.82, 2.24) is 0 Å². The molecule has 0 radical (unpaired) electrons. The zero-order valence-electron chi connectivity index (χ0n) is 15.1. The van der Waals surface area contributed by atoms with Crippen LogP contribution in [-0.2, 0) is 9.53 Å². The molecule has 0 saturated heterocycles. The summed E-state index contributed by atoms with van der Waals surface area (Å²) < 4.78 is 4.89. The molecule has 0 saturated carbocycles. The van der Waals surface area contributed by atoms with Crippen LogP contribution in [0.5, 0.6) is 0 Å². The zero-order valence-corrected chi connectivity index (χ0v) is 15.1. The molecule has 2 aromatic rings. The molecule has 0 atom stereocenters. The first-order valence-electron chi connectivity index (χ1n) is 8.10. The SMILES string of the molecule is CCOC(=O)C(c1ccc([N+](=O)[O-])cc1[N+](=O)[O-])c1ccc([N+](=O)[O-])cc1[N+](=O)[O-]. The van der Waals surface area contributed by atoms with Gasteiger partial charge >= 0.3 is 5.97 Å². The number of hydrogen-bond donors (Lipinski definition) is 0. The maximum atomic E-state index is 12.6. The van der Waals surface area contributed by atoms with Crippen molar-refractivity contribution in [2.24, 2.45) is 0 Å². The van der Waals surface area contributed by atoms with Crippen LogP contribution in [0.3, 0.4) is 0 Å². The van der Waals surface area contributed by atoms with E-state index in [1.54, 1.807) is 0 Å². The highest BCUT2D eigenvalue weighted by atomic mass is 16.6. The van der Waals surface area contributed by atoms with Crippen LogP contribution in [0.4, 0.5) is 22.7 Å². The van der Waals surface area contributed by atoms with E-state index in [9.17, 15) is 45.3 Å². The van der Waals surface area contributed by atoms with E-state index >= 15 is 0 Å². The fraction of sp³-hybridized carbons (Fsp3) is 0.188. The van der Waals surface area contributed by atoms with Gasteiger partial charge in [-0.1, -0.05) is 0 Å². The summed E-state index contributed by atoms with van der Waals surface area (Å²) in [5.41, 5.74) is -3.75. The highest BCUT2D eigenvalue weighted by Crippen LogP contribution is 2.40. The van der Waals surface area contributed by atoms with Gasteiger partial charge in [-0.2, -0.15) is 0 Å². The van der Waals surface area contributed by atoms with E-state index in [0.717, 1.165) is 24.3 Å². The Hall–Kier alpha value is -4.49. The Labute approximate surface area is 166 Å². The fourth-order valence-electron chi connectivity index (χ4n) is 2.74. The number of nitro groups is 4. The quantitative estimate of drug-likeness (QED) is 0.347. The van der Waals surface area contributed by atoms with E-state index in [1.807, 2.05) is 0 Å². The lowest BCUT2D eigenvalue weighted by molar-refractivity contribution is -0.395. The third kappa shape index (κ3) is 4.32. The van der Waals surface area contributed by atoms with Crippen LogP contribution in [0.1, 0.15) is 24.0 Å². The van der Waals surface area contributed by atoms with E-state index in [4.69, 9.17) is 4.74 Å². The second-order valence-electron chi connectivity index (χ2n) is 5.70. The monoisotopic (exact) mass is 420 g/mol. The number of carbonyl (C=O) groups excluding carboxylic acids is 1. The molecule has 0 aromatic heterocycles. The first-order chi connectivity index (χ1) is 14.1. The van der Waals surface area contributed by atoms with E-state index in [2.05, 4.69) is 0 Å².